The van der Waals surface area contributed by atoms with Gasteiger partial charge in [-0.2, -0.15) is 0 Å². The van der Waals surface area contributed by atoms with Gasteiger partial charge in [-0.3, -0.25) is 4.79 Å². The van der Waals surface area contributed by atoms with E-state index in [2.05, 4.69) is 5.16 Å². The Balaban J connectivity index is 1.77. The number of hydrogen-bond acceptors (Lipinski definition) is 3. The molecule has 1 aromatic carbocycles. The fraction of sp³-hybridized carbons (Fsp3) is 0.412. The molecule has 1 atom stereocenters. The zero-order valence-electron chi connectivity index (χ0n) is 12.6. The Morgan fingerprint density at radius 1 is 1.32 bits per heavy atom. The van der Waals surface area contributed by atoms with E-state index in [1.807, 2.05) is 17.0 Å². The molecule has 0 spiro atoms. The zero-order valence-corrected chi connectivity index (χ0v) is 12.6. The molecular weight excluding hydrogens is 283 g/mol. The first-order chi connectivity index (χ1) is 10.6. The minimum atomic E-state index is -0.233. The van der Waals surface area contributed by atoms with Gasteiger partial charge in [-0.15, -0.1) is 0 Å². The molecule has 1 fully saturated rings. The van der Waals surface area contributed by atoms with Gasteiger partial charge in [0, 0.05) is 25.1 Å². The van der Waals surface area contributed by atoms with Gasteiger partial charge in [0.25, 0.3) is 5.91 Å². The van der Waals surface area contributed by atoms with Crippen LogP contribution in [0.25, 0.3) is 0 Å². The van der Waals surface area contributed by atoms with E-state index < -0.39 is 0 Å². The molecule has 1 saturated heterocycles. The van der Waals surface area contributed by atoms with Crippen LogP contribution in [0.5, 0.6) is 0 Å². The predicted octanol–water partition coefficient (Wildman–Crippen LogP) is 3.53. The van der Waals surface area contributed by atoms with Crippen LogP contribution in [-0.4, -0.2) is 29.1 Å². The van der Waals surface area contributed by atoms with Crippen molar-refractivity contribution in [3.8, 4) is 0 Å². The van der Waals surface area contributed by atoms with Gasteiger partial charge >= 0.3 is 0 Å². The molecule has 1 amide bonds. The molecule has 0 N–H and O–H groups in total. The van der Waals surface area contributed by atoms with Gasteiger partial charge < -0.3 is 9.42 Å². The van der Waals surface area contributed by atoms with Crippen molar-refractivity contribution in [2.24, 2.45) is 0 Å². The quantitative estimate of drug-likeness (QED) is 0.852. The average molecular weight is 302 g/mol. The summed E-state index contributed by atoms with van der Waals surface area (Å²) in [6.07, 6.45) is 3.04. The van der Waals surface area contributed by atoms with Crippen molar-refractivity contribution in [1.82, 2.24) is 10.1 Å². The van der Waals surface area contributed by atoms with E-state index in [0.29, 0.717) is 18.0 Å². The van der Waals surface area contributed by atoms with Gasteiger partial charge in [0.05, 0.1) is 0 Å². The monoisotopic (exact) mass is 302 g/mol. The smallest absolute Gasteiger partial charge is 0.276 e. The summed E-state index contributed by atoms with van der Waals surface area (Å²) >= 11 is 0. The lowest BCUT2D eigenvalue weighted by molar-refractivity contribution is 0.0744. The van der Waals surface area contributed by atoms with Crippen LogP contribution in [0.2, 0.25) is 0 Å². The highest BCUT2D eigenvalue weighted by Crippen LogP contribution is 2.27. The molecule has 22 heavy (non-hydrogen) atoms. The Kier molecular flexibility index (Phi) is 4.22. The van der Waals surface area contributed by atoms with Crippen LogP contribution in [0.1, 0.15) is 47.0 Å². The highest BCUT2D eigenvalue weighted by atomic mass is 19.1. The van der Waals surface area contributed by atoms with Gasteiger partial charge in [-0.25, -0.2) is 4.39 Å². The molecule has 1 aliphatic rings. The van der Waals surface area contributed by atoms with Crippen LogP contribution >= 0.6 is 0 Å². The predicted molar refractivity (Wildman–Crippen MR) is 80.1 cm³/mol. The number of aryl methyl sites for hydroxylation is 1. The van der Waals surface area contributed by atoms with Crippen LogP contribution in [-0.2, 0) is 0 Å². The summed E-state index contributed by atoms with van der Waals surface area (Å²) in [6.45, 7) is 3.13. The number of likely N-dealkylation sites (tertiary alicyclic amines) is 1. The van der Waals surface area contributed by atoms with Crippen LogP contribution < -0.4 is 0 Å². The molecule has 1 unspecified atom stereocenters. The Morgan fingerprint density at radius 3 is 2.77 bits per heavy atom. The SMILES string of the molecule is Cc1cc(C(=O)N2CCCCC(c3ccc(F)cc3)C2)no1. The highest BCUT2D eigenvalue weighted by molar-refractivity contribution is 5.92. The second-order valence-electron chi connectivity index (χ2n) is 5.82. The van der Waals surface area contributed by atoms with Crippen molar-refractivity contribution in [1.29, 1.82) is 0 Å². The Bertz CT molecular complexity index is 651. The maximum Gasteiger partial charge on any atom is 0.276 e. The van der Waals surface area contributed by atoms with Gasteiger partial charge in [-0.1, -0.05) is 23.7 Å². The van der Waals surface area contributed by atoms with Gasteiger partial charge in [0.2, 0.25) is 0 Å². The van der Waals surface area contributed by atoms with Crippen molar-refractivity contribution in [2.45, 2.75) is 32.1 Å². The van der Waals surface area contributed by atoms with E-state index in [4.69, 9.17) is 4.52 Å². The molecule has 116 valence electrons. The Hall–Kier alpha value is -2.17. The summed E-state index contributed by atoms with van der Waals surface area (Å²) < 4.78 is 18.1. The molecule has 0 saturated carbocycles. The topological polar surface area (TPSA) is 46.3 Å². The molecular formula is C17H19FN2O2. The fourth-order valence-electron chi connectivity index (χ4n) is 2.96. The maximum absolute atomic E-state index is 13.1. The lowest BCUT2D eigenvalue weighted by Crippen LogP contribution is -2.34. The van der Waals surface area contributed by atoms with Crippen LogP contribution in [0.4, 0.5) is 4.39 Å². The minimum absolute atomic E-state index is 0.0918. The number of hydrogen-bond donors (Lipinski definition) is 0. The van der Waals surface area contributed by atoms with Crippen molar-refractivity contribution in [3.05, 3.63) is 53.2 Å². The Labute approximate surface area is 128 Å². The highest BCUT2D eigenvalue weighted by Gasteiger charge is 2.25. The molecule has 1 aromatic heterocycles. The van der Waals surface area contributed by atoms with Crippen LogP contribution in [0.15, 0.2) is 34.9 Å². The first kappa shape index (κ1) is 14.8. The molecule has 1 aliphatic heterocycles. The summed E-state index contributed by atoms with van der Waals surface area (Å²) in [7, 11) is 0. The van der Waals surface area contributed by atoms with Crippen molar-refractivity contribution < 1.29 is 13.7 Å². The van der Waals surface area contributed by atoms with Gasteiger partial charge in [0.15, 0.2) is 5.69 Å². The number of carbonyl (C=O) groups is 1. The molecule has 0 bridgehead atoms. The van der Waals surface area contributed by atoms with Gasteiger partial charge in [-0.05, 0) is 37.5 Å². The third-order valence-corrected chi connectivity index (χ3v) is 4.15. The lowest BCUT2D eigenvalue weighted by Gasteiger charge is -2.24. The average Bonchev–Trinajstić information content (AvgIpc) is 2.81. The lowest BCUT2D eigenvalue weighted by atomic mass is 9.94. The molecule has 3 rings (SSSR count). The molecule has 0 aliphatic carbocycles. The van der Waals surface area contributed by atoms with E-state index in [9.17, 15) is 9.18 Å². The summed E-state index contributed by atoms with van der Waals surface area (Å²) in [5, 5.41) is 3.82. The first-order valence-corrected chi connectivity index (χ1v) is 7.61. The minimum Gasteiger partial charge on any atom is -0.361 e. The van der Waals surface area contributed by atoms with Crippen molar-refractivity contribution >= 4 is 5.91 Å². The second-order valence-corrected chi connectivity index (χ2v) is 5.82. The van der Waals surface area contributed by atoms with E-state index in [1.54, 1.807) is 13.0 Å². The zero-order chi connectivity index (χ0) is 15.5. The first-order valence-electron chi connectivity index (χ1n) is 7.61. The Morgan fingerprint density at radius 2 is 2.09 bits per heavy atom. The van der Waals surface area contributed by atoms with E-state index in [-0.39, 0.29) is 17.6 Å². The number of rotatable bonds is 2. The normalized spacial score (nSPS) is 19.0. The van der Waals surface area contributed by atoms with Gasteiger partial charge in [0.1, 0.15) is 11.6 Å². The maximum atomic E-state index is 13.1. The van der Waals surface area contributed by atoms with Crippen LogP contribution in [0, 0.1) is 12.7 Å². The number of halogens is 1. The summed E-state index contributed by atoms with van der Waals surface area (Å²) in [5.41, 5.74) is 1.44. The fourth-order valence-corrected chi connectivity index (χ4v) is 2.96. The summed E-state index contributed by atoms with van der Waals surface area (Å²) in [6, 6.07) is 8.25. The number of nitrogens with zero attached hydrogens (tertiary/aromatic N) is 2. The number of aromatic nitrogens is 1. The number of benzene rings is 1. The van der Waals surface area contributed by atoms with Crippen molar-refractivity contribution in [3.63, 3.8) is 0 Å². The van der Waals surface area contributed by atoms with Crippen LogP contribution in [0.3, 0.4) is 0 Å². The molecule has 2 aromatic rings. The standard InChI is InChI=1S/C17H19FN2O2/c1-12-10-16(19-22-12)17(21)20-9-3-2-4-14(11-20)13-5-7-15(18)8-6-13/h5-8,10,14H,2-4,9,11H2,1H3. The largest absolute Gasteiger partial charge is 0.361 e. The molecule has 0 radical (unpaired) electrons. The van der Waals surface area contributed by atoms with E-state index in [1.165, 1.54) is 12.1 Å². The van der Waals surface area contributed by atoms with E-state index >= 15 is 0 Å². The summed E-state index contributed by atoms with van der Waals surface area (Å²) in [5.74, 6) is 0.544. The molecule has 5 heteroatoms. The molecule has 4 nitrogen and oxygen atoms in total. The number of carbonyl (C=O) groups excluding carboxylic acids is 1. The summed E-state index contributed by atoms with van der Waals surface area (Å²) in [4.78, 5) is 14.4. The number of amides is 1. The third-order valence-electron chi connectivity index (χ3n) is 4.15. The van der Waals surface area contributed by atoms with E-state index in [0.717, 1.165) is 31.4 Å². The molecule has 2 heterocycles. The second kappa shape index (κ2) is 6.30. The van der Waals surface area contributed by atoms with Crippen molar-refractivity contribution in [2.75, 3.05) is 13.1 Å². The third kappa shape index (κ3) is 3.18.